The van der Waals surface area contributed by atoms with Crippen molar-refractivity contribution in [3.05, 3.63) is 11.9 Å². The molecule has 1 N–H and O–H groups in total. The van der Waals surface area contributed by atoms with Gasteiger partial charge in [0.2, 0.25) is 0 Å². The first-order valence-corrected chi connectivity index (χ1v) is 7.62. The molecule has 0 aliphatic rings. The third kappa shape index (κ3) is 4.23. The SMILES string of the molecule is COc1cnn(C(C)C)c1C(C)(C)CCNCC(C)C. The van der Waals surface area contributed by atoms with Crippen LogP contribution in [0.4, 0.5) is 0 Å². The van der Waals surface area contributed by atoms with Gasteiger partial charge in [-0.3, -0.25) is 4.68 Å². The van der Waals surface area contributed by atoms with Gasteiger partial charge in [-0.25, -0.2) is 0 Å². The molecule has 0 fully saturated rings. The summed E-state index contributed by atoms with van der Waals surface area (Å²) >= 11 is 0. The summed E-state index contributed by atoms with van der Waals surface area (Å²) in [6.07, 6.45) is 2.90. The van der Waals surface area contributed by atoms with E-state index in [0.29, 0.717) is 12.0 Å². The Labute approximate surface area is 123 Å². The van der Waals surface area contributed by atoms with Gasteiger partial charge in [-0.15, -0.1) is 0 Å². The lowest BCUT2D eigenvalue weighted by Crippen LogP contribution is -2.30. The van der Waals surface area contributed by atoms with Crippen LogP contribution in [-0.2, 0) is 5.41 Å². The van der Waals surface area contributed by atoms with Gasteiger partial charge in [0, 0.05) is 11.5 Å². The van der Waals surface area contributed by atoms with Gasteiger partial charge in [-0.05, 0) is 39.3 Å². The van der Waals surface area contributed by atoms with Crippen LogP contribution in [0.2, 0.25) is 0 Å². The Morgan fingerprint density at radius 3 is 2.45 bits per heavy atom. The second-order valence-corrected chi connectivity index (χ2v) is 6.83. The van der Waals surface area contributed by atoms with Crippen molar-refractivity contribution in [2.45, 2.75) is 59.4 Å². The summed E-state index contributed by atoms with van der Waals surface area (Å²) < 4.78 is 7.59. The van der Waals surface area contributed by atoms with Gasteiger partial charge in [0.05, 0.1) is 19.0 Å². The molecule has 0 saturated heterocycles. The van der Waals surface area contributed by atoms with Crippen LogP contribution in [0.15, 0.2) is 6.20 Å². The molecule has 1 aromatic rings. The van der Waals surface area contributed by atoms with Crippen LogP contribution in [0.1, 0.15) is 59.7 Å². The van der Waals surface area contributed by atoms with Crippen LogP contribution < -0.4 is 10.1 Å². The fourth-order valence-electron chi connectivity index (χ4n) is 2.44. The number of rotatable bonds is 8. The Morgan fingerprint density at radius 2 is 1.95 bits per heavy atom. The van der Waals surface area contributed by atoms with Crippen LogP contribution in [0.25, 0.3) is 0 Å². The van der Waals surface area contributed by atoms with E-state index in [2.05, 4.69) is 56.6 Å². The monoisotopic (exact) mass is 281 g/mol. The molecule has 1 heterocycles. The fourth-order valence-corrected chi connectivity index (χ4v) is 2.44. The van der Waals surface area contributed by atoms with Gasteiger partial charge in [0.25, 0.3) is 0 Å². The average Bonchev–Trinajstić information content (AvgIpc) is 2.79. The molecule has 1 rings (SSSR count). The number of methoxy groups -OCH3 is 1. The summed E-state index contributed by atoms with van der Waals surface area (Å²) in [6, 6.07) is 0.344. The molecular weight excluding hydrogens is 250 g/mol. The molecule has 0 atom stereocenters. The van der Waals surface area contributed by atoms with Gasteiger partial charge in [0.1, 0.15) is 0 Å². The number of aromatic nitrogens is 2. The van der Waals surface area contributed by atoms with Crippen LogP contribution in [0.5, 0.6) is 5.75 Å². The largest absolute Gasteiger partial charge is 0.493 e. The van der Waals surface area contributed by atoms with Gasteiger partial charge >= 0.3 is 0 Å². The van der Waals surface area contributed by atoms with E-state index in [-0.39, 0.29) is 5.41 Å². The summed E-state index contributed by atoms with van der Waals surface area (Å²) in [5, 5.41) is 8.00. The van der Waals surface area contributed by atoms with E-state index in [1.807, 2.05) is 6.20 Å². The molecule has 0 amide bonds. The van der Waals surface area contributed by atoms with E-state index in [1.54, 1.807) is 7.11 Å². The summed E-state index contributed by atoms with van der Waals surface area (Å²) in [7, 11) is 1.72. The Morgan fingerprint density at radius 1 is 1.30 bits per heavy atom. The molecule has 0 saturated carbocycles. The van der Waals surface area contributed by atoms with E-state index in [1.165, 1.54) is 5.69 Å². The Bertz CT molecular complexity index is 408. The highest BCUT2D eigenvalue weighted by atomic mass is 16.5. The fraction of sp³-hybridized carbons (Fsp3) is 0.812. The second-order valence-electron chi connectivity index (χ2n) is 6.83. The lowest BCUT2D eigenvalue weighted by atomic mass is 9.84. The predicted octanol–water partition coefficient (Wildman–Crippen LogP) is 3.39. The molecule has 0 aliphatic carbocycles. The molecule has 4 nitrogen and oxygen atoms in total. The molecule has 20 heavy (non-hydrogen) atoms. The molecule has 1 aromatic heterocycles. The maximum Gasteiger partial charge on any atom is 0.160 e. The molecule has 116 valence electrons. The number of hydrogen-bond donors (Lipinski definition) is 1. The van der Waals surface area contributed by atoms with Crippen molar-refractivity contribution in [1.29, 1.82) is 0 Å². The van der Waals surface area contributed by atoms with Crippen molar-refractivity contribution in [2.24, 2.45) is 5.92 Å². The Balaban J connectivity index is 2.82. The lowest BCUT2D eigenvalue weighted by Gasteiger charge is -2.28. The maximum absolute atomic E-state index is 5.50. The Kier molecular flexibility index (Phi) is 6.06. The summed E-state index contributed by atoms with van der Waals surface area (Å²) in [5.74, 6) is 1.58. The first-order valence-electron chi connectivity index (χ1n) is 7.62. The quantitative estimate of drug-likeness (QED) is 0.742. The van der Waals surface area contributed by atoms with Crippen LogP contribution in [0.3, 0.4) is 0 Å². The second kappa shape index (κ2) is 7.11. The normalized spacial score (nSPS) is 12.4. The van der Waals surface area contributed by atoms with Crippen LogP contribution in [-0.4, -0.2) is 30.0 Å². The summed E-state index contributed by atoms with van der Waals surface area (Å²) in [4.78, 5) is 0. The number of ether oxygens (including phenoxy) is 1. The Hall–Kier alpha value is -1.03. The number of hydrogen-bond acceptors (Lipinski definition) is 3. The van der Waals surface area contributed by atoms with Gasteiger partial charge < -0.3 is 10.1 Å². The minimum Gasteiger partial charge on any atom is -0.493 e. The number of nitrogens with zero attached hydrogens (tertiary/aromatic N) is 2. The first kappa shape index (κ1) is 17.0. The van der Waals surface area contributed by atoms with E-state index in [4.69, 9.17) is 4.74 Å². The average molecular weight is 281 g/mol. The smallest absolute Gasteiger partial charge is 0.160 e. The number of nitrogens with one attached hydrogen (secondary N) is 1. The van der Waals surface area contributed by atoms with Gasteiger partial charge in [-0.1, -0.05) is 27.7 Å². The van der Waals surface area contributed by atoms with Crippen molar-refractivity contribution in [3.63, 3.8) is 0 Å². The summed E-state index contributed by atoms with van der Waals surface area (Å²) in [5.41, 5.74) is 1.23. The van der Waals surface area contributed by atoms with E-state index in [0.717, 1.165) is 25.3 Å². The van der Waals surface area contributed by atoms with Crippen molar-refractivity contribution >= 4 is 0 Å². The zero-order valence-corrected chi connectivity index (χ0v) is 14.2. The highest BCUT2D eigenvalue weighted by Crippen LogP contribution is 2.35. The predicted molar refractivity (Wildman–Crippen MR) is 84.5 cm³/mol. The first-order chi connectivity index (χ1) is 9.29. The highest BCUT2D eigenvalue weighted by Gasteiger charge is 2.29. The topological polar surface area (TPSA) is 39.1 Å². The van der Waals surface area contributed by atoms with Crippen LogP contribution in [0, 0.1) is 5.92 Å². The molecule has 4 heteroatoms. The van der Waals surface area contributed by atoms with Gasteiger partial charge in [-0.2, -0.15) is 5.10 Å². The molecule has 0 radical (unpaired) electrons. The van der Waals surface area contributed by atoms with E-state index < -0.39 is 0 Å². The molecule has 0 aromatic carbocycles. The standard InChI is InChI=1S/C16H31N3O/c1-12(2)10-17-9-8-16(5,6)15-14(20-7)11-18-19(15)13(3)4/h11-13,17H,8-10H2,1-7H3. The molecule has 0 unspecified atom stereocenters. The van der Waals surface area contributed by atoms with Crippen molar-refractivity contribution in [3.8, 4) is 5.75 Å². The summed E-state index contributed by atoms with van der Waals surface area (Å²) in [6.45, 7) is 15.4. The van der Waals surface area contributed by atoms with E-state index in [9.17, 15) is 0 Å². The maximum atomic E-state index is 5.50. The highest BCUT2D eigenvalue weighted by molar-refractivity contribution is 5.32. The molecule has 0 bridgehead atoms. The zero-order valence-electron chi connectivity index (χ0n) is 14.2. The van der Waals surface area contributed by atoms with E-state index >= 15 is 0 Å². The third-order valence-corrected chi connectivity index (χ3v) is 3.59. The zero-order chi connectivity index (χ0) is 15.3. The third-order valence-electron chi connectivity index (χ3n) is 3.59. The minimum atomic E-state index is 0.0378. The molecular formula is C16H31N3O. The van der Waals surface area contributed by atoms with Crippen molar-refractivity contribution in [2.75, 3.05) is 20.2 Å². The minimum absolute atomic E-state index is 0.0378. The van der Waals surface area contributed by atoms with Crippen molar-refractivity contribution in [1.82, 2.24) is 15.1 Å². The molecule has 0 spiro atoms. The molecule has 0 aliphatic heterocycles. The van der Waals surface area contributed by atoms with Crippen LogP contribution >= 0.6 is 0 Å². The lowest BCUT2D eigenvalue weighted by molar-refractivity contribution is 0.353. The van der Waals surface area contributed by atoms with Crippen molar-refractivity contribution < 1.29 is 4.74 Å². The van der Waals surface area contributed by atoms with Gasteiger partial charge in [0.15, 0.2) is 5.75 Å².